The summed E-state index contributed by atoms with van der Waals surface area (Å²) in [6, 6.07) is 18.5. The Bertz CT molecular complexity index is 1190. The third-order valence-corrected chi connectivity index (χ3v) is 4.74. The molecule has 0 aliphatic rings. The lowest BCUT2D eigenvalue weighted by atomic mass is 10.3. The van der Waals surface area contributed by atoms with E-state index in [0.29, 0.717) is 16.4 Å². The fourth-order valence-electron chi connectivity index (χ4n) is 2.53. The first-order chi connectivity index (χ1) is 13.6. The zero-order chi connectivity index (χ0) is 19.5. The average molecular weight is 395 g/mol. The smallest absolute Gasteiger partial charge is 0.324 e. The summed E-state index contributed by atoms with van der Waals surface area (Å²) in [5, 5.41) is 11.7. The zero-order valence-electron chi connectivity index (χ0n) is 14.4. The van der Waals surface area contributed by atoms with Gasteiger partial charge in [-0.2, -0.15) is 9.61 Å². The summed E-state index contributed by atoms with van der Waals surface area (Å²) >= 11 is 1.42. The van der Waals surface area contributed by atoms with Crippen molar-refractivity contribution in [3.8, 4) is 0 Å². The molecule has 2 aromatic carbocycles. The molecule has 4 aromatic rings. The van der Waals surface area contributed by atoms with Gasteiger partial charge in [-0.1, -0.05) is 30.0 Å². The SMILES string of the molecule is O=C(Cn1nc2ccc(Sc3ccccc3)nn2c1=O)Nc1ccc(F)cc1. The summed E-state index contributed by atoms with van der Waals surface area (Å²) in [4.78, 5) is 25.7. The first-order valence-corrected chi connectivity index (χ1v) is 9.15. The van der Waals surface area contributed by atoms with Gasteiger partial charge in [-0.3, -0.25) is 4.79 Å². The molecule has 1 N–H and O–H groups in total. The molecule has 28 heavy (non-hydrogen) atoms. The van der Waals surface area contributed by atoms with Crippen LogP contribution in [0, 0.1) is 5.82 Å². The molecule has 7 nitrogen and oxygen atoms in total. The Labute approximate surface area is 162 Å². The molecule has 0 radical (unpaired) electrons. The lowest BCUT2D eigenvalue weighted by Crippen LogP contribution is -2.28. The van der Waals surface area contributed by atoms with Crippen molar-refractivity contribution in [2.75, 3.05) is 5.32 Å². The van der Waals surface area contributed by atoms with E-state index in [-0.39, 0.29) is 6.54 Å². The number of halogens is 1. The lowest BCUT2D eigenvalue weighted by Gasteiger charge is -2.04. The number of anilines is 1. The third kappa shape index (κ3) is 3.94. The average Bonchev–Trinajstić information content (AvgIpc) is 3.00. The van der Waals surface area contributed by atoms with E-state index >= 15 is 0 Å². The summed E-state index contributed by atoms with van der Waals surface area (Å²) in [5.41, 5.74) is 0.264. The highest BCUT2D eigenvalue weighted by atomic mass is 32.2. The maximum Gasteiger partial charge on any atom is 0.367 e. The largest absolute Gasteiger partial charge is 0.367 e. The summed E-state index contributed by atoms with van der Waals surface area (Å²) in [7, 11) is 0. The molecule has 0 bridgehead atoms. The lowest BCUT2D eigenvalue weighted by molar-refractivity contribution is -0.117. The normalized spacial score (nSPS) is 10.9. The second kappa shape index (κ2) is 7.65. The van der Waals surface area contributed by atoms with Crippen molar-refractivity contribution in [1.82, 2.24) is 19.4 Å². The van der Waals surface area contributed by atoms with Crippen LogP contribution in [0.25, 0.3) is 5.65 Å². The van der Waals surface area contributed by atoms with E-state index in [4.69, 9.17) is 0 Å². The molecule has 0 aliphatic carbocycles. The minimum atomic E-state index is -0.514. The zero-order valence-corrected chi connectivity index (χ0v) is 15.3. The highest BCUT2D eigenvalue weighted by Gasteiger charge is 2.13. The van der Waals surface area contributed by atoms with Crippen LogP contribution in [0.4, 0.5) is 10.1 Å². The molecule has 140 valence electrons. The molecule has 0 aliphatic heterocycles. The quantitative estimate of drug-likeness (QED) is 0.562. The summed E-state index contributed by atoms with van der Waals surface area (Å²) in [5.74, 6) is -0.846. The molecule has 0 atom stereocenters. The van der Waals surface area contributed by atoms with Crippen LogP contribution in [0.1, 0.15) is 0 Å². The van der Waals surface area contributed by atoms with Crippen LogP contribution in [0.3, 0.4) is 0 Å². The van der Waals surface area contributed by atoms with E-state index in [1.54, 1.807) is 12.1 Å². The topological polar surface area (TPSA) is 81.3 Å². The van der Waals surface area contributed by atoms with E-state index in [9.17, 15) is 14.0 Å². The number of carbonyl (C=O) groups excluding carboxylic acids is 1. The number of aromatic nitrogens is 4. The Morgan fingerprint density at radius 3 is 2.50 bits per heavy atom. The second-order valence-corrected chi connectivity index (χ2v) is 6.95. The fraction of sp³-hybridized carbons (Fsp3) is 0.0526. The van der Waals surface area contributed by atoms with Crippen molar-refractivity contribution in [3.63, 3.8) is 0 Å². The summed E-state index contributed by atoms with van der Waals surface area (Å²) in [6.45, 7) is -0.277. The van der Waals surface area contributed by atoms with Crippen LogP contribution in [0.15, 0.2) is 81.4 Å². The van der Waals surface area contributed by atoms with Crippen molar-refractivity contribution in [3.05, 3.63) is 83.0 Å². The van der Waals surface area contributed by atoms with Gasteiger partial charge < -0.3 is 5.32 Å². The standard InChI is InChI=1S/C19H14FN5O2S/c20-13-6-8-14(9-7-13)21-17(26)12-24-19(27)25-16(22-24)10-11-18(23-25)28-15-4-2-1-3-5-15/h1-11H,12H2,(H,21,26). The van der Waals surface area contributed by atoms with Gasteiger partial charge in [0, 0.05) is 10.6 Å². The van der Waals surface area contributed by atoms with Gasteiger partial charge in [0.25, 0.3) is 0 Å². The van der Waals surface area contributed by atoms with Crippen molar-refractivity contribution in [2.24, 2.45) is 0 Å². The monoisotopic (exact) mass is 395 g/mol. The highest BCUT2D eigenvalue weighted by molar-refractivity contribution is 7.99. The summed E-state index contributed by atoms with van der Waals surface area (Å²) in [6.07, 6.45) is 0. The molecule has 2 heterocycles. The third-order valence-electron chi connectivity index (χ3n) is 3.80. The van der Waals surface area contributed by atoms with Crippen LogP contribution in [0.2, 0.25) is 0 Å². The number of amides is 1. The number of hydrogen-bond acceptors (Lipinski definition) is 5. The van der Waals surface area contributed by atoms with Gasteiger partial charge in [-0.05, 0) is 48.5 Å². The molecule has 1 amide bonds. The maximum atomic E-state index is 12.9. The minimum Gasteiger partial charge on any atom is -0.324 e. The Morgan fingerprint density at radius 1 is 1.00 bits per heavy atom. The second-order valence-electron chi connectivity index (χ2n) is 5.85. The molecule has 9 heteroatoms. The Balaban J connectivity index is 1.53. The molecular weight excluding hydrogens is 381 g/mol. The van der Waals surface area contributed by atoms with Gasteiger partial charge in [0.1, 0.15) is 17.4 Å². The molecule has 0 saturated heterocycles. The summed E-state index contributed by atoms with van der Waals surface area (Å²) < 4.78 is 15.1. The number of fused-ring (bicyclic) bond motifs is 1. The predicted molar refractivity (Wildman–Crippen MR) is 103 cm³/mol. The Morgan fingerprint density at radius 2 is 1.75 bits per heavy atom. The van der Waals surface area contributed by atoms with Gasteiger partial charge in [0.15, 0.2) is 5.65 Å². The van der Waals surface area contributed by atoms with Crippen molar-refractivity contribution in [2.45, 2.75) is 16.5 Å². The minimum absolute atomic E-state index is 0.277. The number of hydrogen-bond donors (Lipinski definition) is 1. The van der Waals surface area contributed by atoms with Crippen molar-refractivity contribution in [1.29, 1.82) is 0 Å². The number of benzene rings is 2. The van der Waals surface area contributed by atoms with E-state index in [0.717, 1.165) is 14.1 Å². The fourth-order valence-corrected chi connectivity index (χ4v) is 3.32. The highest BCUT2D eigenvalue weighted by Crippen LogP contribution is 2.25. The molecule has 0 saturated carbocycles. The first kappa shape index (κ1) is 17.9. The number of rotatable bonds is 5. The Kier molecular flexibility index (Phi) is 4.90. The maximum absolute atomic E-state index is 12.9. The van der Waals surface area contributed by atoms with Crippen LogP contribution >= 0.6 is 11.8 Å². The van der Waals surface area contributed by atoms with Crippen LogP contribution in [-0.4, -0.2) is 25.3 Å². The van der Waals surface area contributed by atoms with Crippen LogP contribution in [0.5, 0.6) is 0 Å². The molecule has 0 unspecified atom stereocenters. The molecular formula is C19H14FN5O2S. The Hall–Kier alpha value is -3.46. The van der Waals surface area contributed by atoms with Crippen molar-refractivity contribution < 1.29 is 9.18 Å². The number of nitrogens with one attached hydrogen (secondary N) is 1. The van der Waals surface area contributed by atoms with Crippen LogP contribution in [-0.2, 0) is 11.3 Å². The van der Waals surface area contributed by atoms with Crippen LogP contribution < -0.4 is 11.0 Å². The van der Waals surface area contributed by atoms with Gasteiger partial charge in [0.2, 0.25) is 5.91 Å². The number of nitrogens with zero attached hydrogens (tertiary/aromatic N) is 4. The van der Waals surface area contributed by atoms with Gasteiger partial charge in [0.05, 0.1) is 0 Å². The molecule has 0 fully saturated rings. The van der Waals surface area contributed by atoms with E-state index in [2.05, 4.69) is 15.5 Å². The van der Waals surface area contributed by atoms with Crippen molar-refractivity contribution >= 4 is 29.0 Å². The van der Waals surface area contributed by atoms with E-state index < -0.39 is 17.4 Å². The number of carbonyl (C=O) groups is 1. The van der Waals surface area contributed by atoms with Gasteiger partial charge >= 0.3 is 5.69 Å². The van der Waals surface area contributed by atoms with Gasteiger partial charge in [-0.25, -0.2) is 13.9 Å². The van der Waals surface area contributed by atoms with E-state index in [1.165, 1.54) is 36.0 Å². The molecule has 2 aromatic heterocycles. The molecule has 0 spiro atoms. The predicted octanol–water partition coefficient (Wildman–Crippen LogP) is 2.82. The first-order valence-electron chi connectivity index (χ1n) is 8.34. The van der Waals surface area contributed by atoms with E-state index in [1.807, 2.05) is 30.3 Å². The van der Waals surface area contributed by atoms with Gasteiger partial charge in [-0.15, -0.1) is 5.10 Å². The molecule has 4 rings (SSSR count).